The molecule has 288 valence electrons. The molecule has 6 aromatic rings. The van der Waals surface area contributed by atoms with Crippen LogP contribution in [0.25, 0.3) is 43.8 Å². The Balaban J connectivity index is 0.000000334. The Morgan fingerprint density at radius 3 is 1.15 bits per heavy atom. The van der Waals surface area contributed by atoms with Gasteiger partial charge in [0.25, 0.3) is 0 Å². The van der Waals surface area contributed by atoms with E-state index in [2.05, 4.69) is 142 Å². The predicted molar refractivity (Wildman–Crippen MR) is 242 cm³/mol. The van der Waals surface area contributed by atoms with Crippen LogP contribution in [-0.2, 0) is 36.2 Å². The normalized spacial score (nSPS) is 15.8. The van der Waals surface area contributed by atoms with Gasteiger partial charge in [0.15, 0.2) is 0 Å². The number of hydrogen-bond donors (Lipinski definition) is 0. The van der Waals surface area contributed by atoms with Gasteiger partial charge in [0, 0.05) is 0 Å². The van der Waals surface area contributed by atoms with Crippen LogP contribution in [0.5, 0.6) is 0 Å². The fraction of sp³-hybridized carbons (Fsp3) is 0.360. The van der Waals surface area contributed by atoms with Gasteiger partial charge in [0.05, 0.1) is 0 Å². The van der Waals surface area contributed by atoms with E-state index >= 15 is 0 Å². The molecule has 0 saturated heterocycles. The van der Waals surface area contributed by atoms with Crippen molar-refractivity contribution in [2.75, 3.05) is 0 Å². The molecule has 0 heterocycles. The molecule has 0 N–H and O–H groups in total. The average Bonchev–Trinajstić information content (AvgIpc) is 3.60. The SMILES string of the molecule is CC1(Cc2cc3c(-c4ccccc4)cccc3[cH-]2)CCCCCC1.CC1(Cc2cc3c(-c4ccccc4)cccc3[cH-]2)CCCCCC1.Cl.Cl.[CH3-].[CH3-].[Si]=[Zr]. The van der Waals surface area contributed by atoms with E-state index in [-0.39, 0.29) is 39.7 Å². The van der Waals surface area contributed by atoms with Crippen LogP contribution in [0.1, 0.15) is 102 Å². The second kappa shape index (κ2) is 23.1. The Kier molecular flexibility index (Phi) is 20.5. The standard InChI is InChI=1S/2C24H27.2CH3.2ClH.Si.Zr/c2*1-24(14-7-2-3-8-15-24)18-19-16-21-12-9-13-22(23(21)17-19)20-10-5-4-6-11-20;;;;;;/h2*4-6,9-13,16-17H,2-3,7-8,14-15,18H2,1H3;2*1H3;2*1H;;/q4*-1;;;;. The van der Waals surface area contributed by atoms with Crippen molar-refractivity contribution in [1.82, 2.24) is 0 Å². The van der Waals surface area contributed by atoms with E-state index in [9.17, 15) is 0 Å². The van der Waals surface area contributed by atoms with Gasteiger partial charge in [0.1, 0.15) is 0 Å². The Bertz CT molecular complexity index is 1780. The predicted octanol–water partition coefficient (Wildman–Crippen LogP) is 15.6. The summed E-state index contributed by atoms with van der Waals surface area (Å²) >= 11 is 1.36. The van der Waals surface area contributed by atoms with Gasteiger partial charge in [-0.3, -0.25) is 0 Å². The van der Waals surface area contributed by atoms with E-state index in [4.69, 9.17) is 0 Å². The molecule has 54 heavy (non-hydrogen) atoms. The minimum absolute atomic E-state index is 0. The van der Waals surface area contributed by atoms with Crippen LogP contribution in [-0.4, -0.2) is 6.88 Å². The van der Waals surface area contributed by atoms with Crippen molar-refractivity contribution in [3.8, 4) is 22.3 Å². The van der Waals surface area contributed by atoms with E-state index in [0.717, 1.165) is 0 Å². The summed E-state index contributed by atoms with van der Waals surface area (Å²) in [5.41, 5.74) is 9.41. The maximum absolute atomic E-state index is 3.06. The molecule has 2 saturated carbocycles. The molecular formula is C50H62Cl2SiZr-4. The Labute approximate surface area is 358 Å². The first-order valence-electron chi connectivity index (χ1n) is 19.2. The van der Waals surface area contributed by atoms with E-state index in [0.29, 0.717) is 10.8 Å². The van der Waals surface area contributed by atoms with Gasteiger partial charge in [-0.25, -0.2) is 0 Å². The summed E-state index contributed by atoms with van der Waals surface area (Å²) in [4.78, 5) is 0. The van der Waals surface area contributed by atoms with Crippen molar-refractivity contribution in [1.29, 1.82) is 0 Å². The molecule has 0 unspecified atom stereocenters. The van der Waals surface area contributed by atoms with Crippen molar-refractivity contribution >= 4 is 53.2 Å². The van der Waals surface area contributed by atoms with Crippen LogP contribution in [0.15, 0.2) is 121 Å². The first-order chi connectivity index (χ1) is 24.5. The van der Waals surface area contributed by atoms with Gasteiger partial charge in [-0.15, -0.1) is 93.9 Å². The quantitative estimate of drug-likeness (QED) is 0.0890. The van der Waals surface area contributed by atoms with Crippen molar-refractivity contribution < 1.29 is 23.3 Å². The molecule has 2 aliphatic rings. The number of halogens is 2. The minimum atomic E-state index is 0. The molecule has 0 aliphatic heterocycles. The molecule has 0 bridgehead atoms. The Hall–Kier alpha value is -2.22. The third-order valence-corrected chi connectivity index (χ3v) is 11.7. The van der Waals surface area contributed by atoms with Crippen LogP contribution in [0.4, 0.5) is 0 Å². The second-order valence-electron chi connectivity index (χ2n) is 15.9. The topological polar surface area (TPSA) is 0 Å². The maximum atomic E-state index is 3.06. The molecule has 0 aromatic heterocycles. The fourth-order valence-corrected chi connectivity index (χ4v) is 9.04. The third kappa shape index (κ3) is 12.4. The number of hydrogen-bond acceptors (Lipinski definition) is 0. The number of fused-ring (bicyclic) bond motifs is 2. The average molecular weight is 853 g/mol. The third-order valence-electron chi connectivity index (χ3n) is 11.7. The van der Waals surface area contributed by atoms with E-state index < -0.39 is 0 Å². The zero-order valence-corrected chi connectivity index (χ0v) is 38.4. The van der Waals surface area contributed by atoms with Crippen molar-refractivity contribution in [2.45, 2.75) is 104 Å². The fourth-order valence-electron chi connectivity index (χ4n) is 9.04. The van der Waals surface area contributed by atoms with Crippen LogP contribution in [0.3, 0.4) is 0 Å². The van der Waals surface area contributed by atoms with E-state index in [1.807, 2.05) is 0 Å². The monoisotopic (exact) mass is 850 g/mol. The van der Waals surface area contributed by atoms with Crippen LogP contribution in [0, 0.1) is 25.7 Å². The van der Waals surface area contributed by atoms with E-state index in [1.54, 1.807) is 0 Å². The first kappa shape index (κ1) is 47.9. The summed E-state index contributed by atoms with van der Waals surface area (Å²) in [5.74, 6) is 0. The summed E-state index contributed by atoms with van der Waals surface area (Å²) in [5, 5.41) is 5.61. The summed E-state index contributed by atoms with van der Waals surface area (Å²) in [6.45, 7) is 8.08. The summed E-state index contributed by atoms with van der Waals surface area (Å²) in [6.07, 6.45) is 19.4. The van der Waals surface area contributed by atoms with Gasteiger partial charge >= 0.3 is 30.2 Å². The van der Waals surface area contributed by atoms with Crippen molar-refractivity contribution in [2.24, 2.45) is 10.8 Å². The van der Waals surface area contributed by atoms with Gasteiger partial charge in [-0.05, 0) is 60.5 Å². The summed E-state index contributed by atoms with van der Waals surface area (Å²) in [7, 11) is 0. The number of benzene rings is 4. The van der Waals surface area contributed by atoms with Crippen LogP contribution in [0.2, 0.25) is 0 Å². The molecule has 6 aromatic carbocycles. The van der Waals surface area contributed by atoms with Gasteiger partial charge in [0.2, 0.25) is 0 Å². The molecule has 0 spiro atoms. The summed E-state index contributed by atoms with van der Waals surface area (Å²) < 4.78 is 0. The van der Waals surface area contributed by atoms with Gasteiger partial charge < -0.3 is 14.9 Å². The number of rotatable bonds is 6. The zero-order chi connectivity index (χ0) is 34.8. The van der Waals surface area contributed by atoms with Crippen LogP contribution < -0.4 is 0 Å². The molecule has 0 nitrogen and oxygen atoms in total. The second-order valence-corrected chi connectivity index (χ2v) is 15.9. The van der Waals surface area contributed by atoms with Gasteiger partial charge in [-0.2, -0.15) is 12.1 Å². The van der Waals surface area contributed by atoms with Crippen LogP contribution >= 0.6 is 24.8 Å². The molecule has 2 radical (unpaired) electrons. The first-order valence-corrected chi connectivity index (χ1v) is 23.4. The van der Waals surface area contributed by atoms with Crippen molar-refractivity contribution in [3.63, 3.8) is 0 Å². The summed E-state index contributed by atoms with van der Waals surface area (Å²) in [6, 6.07) is 44.8. The molecule has 0 amide bonds. The van der Waals surface area contributed by atoms with Crippen molar-refractivity contribution in [3.05, 3.63) is 147 Å². The zero-order valence-electron chi connectivity index (χ0n) is 33.3. The molecule has 0 atom stereocenters. The molecule has 2 fully saturated rings. The Morgan fingerprint density at radius 1 is 0.481 bits per heavy atom. The molecule has 2 aliphatic carbocycles. The van der Waals surface area contributed by atoms with Gasteiger partial charge in [-0.1, -0.05) is 149 Å². The van der Waals surface area contributed by atoms with E-state index in [1.165, 1.54) is 168 Å². The molecule has 4 heteroatoms. The molecule has 8 rings (SSSR count). The molecular weight excluding hydrogens is 791 g/mol. The Morgan fingerprint density at radius 2 is 0.815 bits per heavy atom.